The summed E-state index contributed by atoms with van der Waals surface area (Å²) in [4.78, 5) is 4.51. The second kappa shape index (κ2) is 6.12. The Bertz CT molecular complexity index is 489. The number of ether oxygens (including phenoxy) is 1. The lowest BCUT2D eigenvalue weighted by atomic mass is 9.89. The summed E-state index contributed by atoms with van der Waals surface area (Å²) in [5.74, 6) is 4.66. The van der Waals surface area contributed by atoms with Crippen molar-refractivity contribution < 1.29 is 4.74 Å². The van der Waals surface area contributed by atoms with Crippen LogP contribution < -0.4 is 15.8 Å². The quantitative estimate of drug-likeness (QED) is 0.841. The summed E-state index contributed by atoms with van der Waals surface area (Å²) in [6.07, 6.45) is 5.72. The Morgan fingerprint density at radius 2 is 2.19 bits per heavy atom. The van der Waals surface area contributed by atoms with Gasteiger partial charge in [-0.1, -0.05) is 20.3 Å². The molecule has 2 bridgehead atoms. The van der Waals surface area contributed by atoms with Gasteiger partial charge in [-0.3, -0.25) is 0 Å². The van der Waals surface area contributed by atoms with E-state index in [4.69, 9.17) is 10.5 Å². The van der Waals surface area contributed by atoms with E-state index >= 15 is 0 Å². The summed E-state index contributed by atoms with van der Waals surface area (Å²) in [6.45, 7) is 5.91. The van der Waals surface area contributed by atoms with Gasteiger partial charge in [-0.2, -0.15) is 4.98 Å². The van der Waals surface area contributed by atoms with Crippen molar-refractivity contribution >= 4 is 11.5 Å². The third kappa shape index (κ3) is 3.42. The minimum Gasteiger partial charge on any atom is -0.476 e. The zero-order valence-electron chi connectivity index (χ0n) is 13.1. The van der Waals surface area contributed by atoms with E-state index in [2.05, 4.69) is 24.1 Å². The number of hydrogen-bond donors (Lipinski definition) is 2. The fraction of sp³-hybridized carbons (Fsp3) is 0.706. The number of anilines is 2. The summed E-state index contributed by atoms with van der Waals surface area (Å²) in [7, 11) is 0. The third-order valence-electron chi connectivity index (χ3n) is 4.87. The fourth-order valence-electron chi connectivity index (χ4n) is 3.77. The van der Waals surface area contributed by atoms with E-state index in [0.29, 0.717) is 24.1 Å². The number of fused-ring (bicyclic) bond motifs is 2. The van der Waals surface area contributed by atoms with Gasteiger partial charge in [-0.05, 0) is 55.1 Å². The minimum absolute atomic E-state index is 0.469. The lowest BCUT2D eigenvalue weighted by molar-refractivity contribution is 0.263. The van der Waals surface area contributed by atoms with Crippen molar-refractivity contribution in [3.63, 3.8) is 0 Å². The van der Waals surface area contributed by atoms with Gasteiger partial charge in [0.05, 0.1) is 12.3 Å². The smallest absolute Gasteiger partial charge is 0.239 e. The van der Waals surface area contributed by atoms with Crippen LogP contribution in [0.3, 0.4) is 0 Å². The molecule has 21 heavy (non-hydrogen) atoms. The van der Waals surface area contributed by atoms with Gasteiger partial charge in [0.15, 0.2) is 0 Å². The summed E-state index contributed by atoms with van der Waals surface area (Å²) >= 11 is 0. The van der Waals surface area contributed by atoms with Crippen LogP contribution in [0.25, 0.3) is 0 Å². The molecule has 3 unspecified atom stereocenters. The van der Waals surface area contributed by atoms with E-state index in [9.17, 15) is 0 Å². The molecule has 0 amide bonds. The van der Waals surface area contributed by atoms with Gasteiger partial charge < -0.3 is 15.8 Å². The van der Waals surface area contributed by atoms with Crippen LogP contribution in [-0.4, -0.2) is 18.1 Å². The molecule has 3 atom stereocenters. The van der Waals surface area contributed by atoms with Gasteiger partial charge in [0.2, 0.25) is 5.88 Å². The maximum absolute atomic E-state index is 5.93. The van der Waals surface area contributed by atoms with Crippen LogP contribution in [0.4, 0.5) is 11.5 Å². The average Bonchev–Trinajstić information content (AvgIpc) is 3.07. The molecule has 1 aromatic heterocycles. The molecule has 3 N–H and O–H groups in total. The van der Waals surface area contributed by atoms with Crippen molar-refractivity contribution in [2.24, 2.45) is 23.7 Å². The number of nitrogens with two attached hydrogens (primary N) is 1. The molecule has 1 heterocycles. The Hall–Kier alpha value is -1.45. The molecule has 116 valence electrons. The van der Waals surface area contributed by atoms with Gasteiger partial charge in [0.25, 0.3) is 0 Å². The van der Waals surface area contributed by atoms with Crippen LogP contribution in [0.2, 0.25) is 0 Å². The molecular formula is C17H27N3O. The van der Waals surface area contributed by atoms with E-state index in [1.54, 1.807) is 0 Å². The molecule has 0 aromatic carbocycles. The van der Waals surface area contributed by atoms with Crippen molar-refractivity contribution in [1.82, 2.24) is 4.98 Å². The van der Waals surface area contributed by atoms with E-state index in [-0.39, 0.29) is 0 Å². The van der Waals surface area contributed by atoms with Crippen molar-refractivity contribution in [2.45, 2.75) is 39.5 Å². The predicted octanol–water partition coefficient (Wildman–Crippen LogP) is 3.55. The maximum Gasteiger partial charge on any atom is 0.239 e. The first kappa shape index (κ1) is 14.5. The van der Waals surface area contributed by atoms with Crippen LogP contribution in [0, 0.1) is 23.7 Å². The molecule has 2 aliphatic carbocycles. The molecule has 0 saturated heterocycles. The zero-order valence-corrected chi connectivity index (χ0v) is 13.1. The maximum atomic E-state index is 5.93. The number of rotatable bonds is 6. The number of aromatic nitrogens is 1. The average molecular weight is 289 g/mol. The van der Waals surface area contributed by atoms with Crippen LogP contribution in [0.15, 0.2) is 12.1 Å². The highest BCUT2D eigenvalue weighted by atomic mass is 16.5. The summed E-state index contributed by atoms with van der Waals surface area (Å²) in [6, 6.07) is 3.83. The Morgan fingerprint density at radius 3 is 2.86 bits per heavy atom. The Labute approximate surface area is 127 Å². The number of nitrogens with zero attached hydrogens (tertiary/aromatic N) is 1. The van der Waals surface area contributed by atoms with Crippen LogP contribution in [0.5, 0.6) is 5.88 Å². The van der Waals surface area contributed by atoms with E-state index < -0.39 is 0 Å². The molecule has 4 heteroatoms. The number of pyridine rings is 1. The van der Waals surface area contributed by atoms with Gasteiger partial charge in [-0.25, -0.2) is 0 Å². The van der Waals surface area contributed by atoms with E-state index in [0.717, 1.165) is 30.1 Å². The van der Waals surface area contributed by atoms with E-state index in [1.165, 1.54) is 25.7 Å². The van der Waals surface area contributed by atoms with Crippen molar-refractivity contribution in [2.75, 3.05) is 24.2 Å². The lowest BCUT2D eigenvalue weighted by Gasteiger charge is -2.22. The topological polar surface area (TPSA) is 60.2 Å². The van der Waals surface area contributed by atoms with Gasteiger partial charge in [-0.15, -0.1) is 0 Å². The molecule has 2 saturated carbocycles. The van der Waals surface area contributed by atoms with Gasteiger partial charge in [0.1, 0.15) is 5.82 Å². The Balaban J connectivity index is 1.56. The van der Waals surface area contributed by atoms with Crippen LogP contribution >= 0.6 is 0 Å². The Morgan fingerprint density at radius 1 is 1.33 bits per heavy atom. The minimum atomic E-state index is 0.469. The molecule has 1 aromatic rings. The zero-order chi connectivity index (χ0) is 14.8. The summed E-state index contributed by atoms with van der Waals surface area (Å²) in [5, 5.41) is 3.48. The molecule has 2 fully saturated rings. The highest BCUT2D eigenvalue weighted by Crippen LogP contribution is 2.48. The largest absolute Gasteiger partial charge is 0.476 e. The normalized spacial score (nSPS) is 27.3. The standard InChI is InChI=1S/C17H27N3O/c1-11(2)10-21-17-15(18)5-6-16(20-17)19-9-14-8-12-3-4-13(14)7-12/h5-6,11-14H,3-4,7-10,18H2,1-2H3,(H,19,20). The number of hydrogen-bond acceptors (Lipinski definition) is 4. The van der Waals surface area contributed by atoms with Crippen molar-refractivity contribution in [3.05, 3.63) is 12.1 Å². The van der Waals surface area contributed by atoms with Crippen molar-refractivity contribution in [3.8, 4) is 5.88 Å². The molecule has 0 aliphatic heterocycles. The number of nitrogens with one attached hydrogen (secondary N) is 1. The van der Waals surface area contributed by atoms with Gasteiger partial charge >= 0.3 is 0 Å². The molecule has 4 nitrogen and oxygen atoms in total. The molecule has 3 rings (SSSR count). The molecule has 0 radical (unpaired) electrons. The first-order chi connectivity index (χ1) is 10.1. The van der Waals surface area contributed by atoms with Crippen LogP contribution in [0.1, 0.15) is 39.5 Å². The highest BCUT2D eigenvalue weighted by molar-refractivity contribution is 5.53. The monoisotopic (exact) mass is 289 g/mol. The molecular weight excluding hydrogens is 262 g/mol. The molecule has 0 spiro atoms. The first-order valence-corrected chi connectivity index (χ1v) is 8.25. The fourth-order valence-corrected chi connectivity index (χ4v) is 3.77. The molecule has 2 aliphatic rings. The van der Waals surface area contributed by atoms with E-state index in [1.807, 2.05) is 12.1 Å². The third-order valence-corrected chi connectivity index (χ3v) is 4.87. The number of nitrogen functional groups attached to an aromatic ring is 1. The van der Waals surface area contributed by atoms with Crippen LogP contribution in [-0.2, 0) is 0 Å². The van der Waals surface area contributed by atoms with Gasteiger partial charge in [0, 0.05) is 6.54 Å². The van der Waals surface area contributed by atoms with Crippen molar-refractivity contribution in [1.29, 1.82) is 0 Å². The first-order valence-electron chi connectivity index (χ1n) is 8.25. The SMILES string of the molecule is CC(C)COc1nc(NCC2CC3CCC2C3)ccc1N. The second-order valence-electron chi connectivity index (χ2n) is 7.11. The second-order valence-corrected chi connectivity index (χ2v) is 7.11. The lowest BCUT2D eigenvalue weighted by Crippen LogP contribution is -2.20. The predicted molar refractivity (Wildman–Crippen MR) is 86.4 cm³/mol. The summed E-state index contributed by atoms with van der Waals surface area (Å²) in [5.41, 5.74) is 6.54. The highest BCUT2D eigenvalue weighted by Gasteiger charge is 2.39. The Kier molecular flexibility index (Phi) is 4.22. The summed E-state index contributed by atoms with van der Waals surface area (Å²) < 4.78 is 5.68.